The van der Waals surface area contributed by atoms with E-state index in [0.29, 0.717) is 5.89 Å². The molecule has 0 amide bonds. The highest BCUT2D eigenvalue weighted by atomic mass is 79.9. The van der Waals surface area contributed by atoms with Gasteiger partial charge in [0.1, 0.15) is 0 Å². The summed E-state index contributed by atoms with van der Waals surface area (Å²) in [6.45, 7) is 0.854. The van der Waals surface area contributed by atoms with Crippen LogP contribution in [0.3, 0.4) is 0 Å². The zero-order valence-electron chi connectivity index (χ0n) is 8.16. The van der Waals surface area contributed by atoms with Gasteiger partial charge in [0.05, 0.1) is 8.66 Å². The molecule has 0 unspecified atom stereocenters. The minimum Gasteiger partial charge on any atom is -0.333 e. The van der Waals surface area contributed by atoms with Crippen LogP contribution in [0.5, 0.6) is 0 Å². The fourth-order valence-electron chi connectivity index (χ4n) is 1.12. The number of halogens is 1. The number of aromatic nitrogens is 2. The van der Waals surface area contributed by atoms with Crippen molar-refractivity contribution in [3.63, 3.8) is 0 Å². The summed E-state index contributed by atoms with van der Waals surface area (Å²) in [6, 6.07) is 3.93. The Bertz CT molecular complexity index is 440. The fourth-order valence-corrected chi connectivity index (χ4v) is 2.43. The molecule has 0 aliphatic carbocycles. The van der Waals surface area contributed by atoms with E-state index in [1.807, 2.05) is 19.2 Å². The first-order valence-electron chi connectivity index (χ1n) is 4.52. The standard InChI is InChI=1S/C9H10BrN3OS/c1-11-5-4-8-12-9(14-13-8)6-2-3-7(10)15-6/h2-3,11H,4-5H2,1H3. The van der Waals surface area contributed by atoms with Crippen molar-refractivity contribution < 1.29 is 4.52 Å². The monoisotopic (exact) mass is 287 g/mol. The maximum absolute atomic E-state index is 5.16. The normalized spacial score (nSPS) is 10.8. The summed E-state index contributed by atoms with van der Waals surface area (Å²) in [5, 5.41) is 6.95. The quantitative estimate of drug-likeness (QED) is 0.938. The third kappa shape index (κ3) is 2.64. The van der Waals surface area contributed by atoms with Gasteiger partial charge in [-0.25, -0.2) is 0 Å². The molecule has 2 heterocycles. The molecule has 0 radical (unpaired) electrons. The zero-order chi connectivity index (χ0) is 10.7. The molecule has 0 saturated heterocycles. The van der Waals surface area contributed by atoms with E-state index in [9.17, 15) is 0 Å². The largest absolute Gasteiger partial charge is 0.333 e. The van der Waals surface area contributed by atoms with E-state index in [-0.39, 0.29) is 0 Å². The fraction of sp³-hybridized carbons (Fsp3) is 0.333. The van der Waals surface area contributed by atoms with Gasteiger partial charge in [0, 0.05) is 13.0 Å². The molecule has 0 spiro atoms. The first-order valence-corrected chi connectivity index (χ1v) is 6.13. The molecule has 0 aliphatic heterocycles. The highest BCUT2D eigenvalue weighted by Crippen LogP contribution is 2.29. The molecule has 4 nitrogen and oxygen atoms in total. The number of hydrogen-bond donors (Lipinski definition) is 1. The number of rotatable bonds is 4. The molecule has 0 atom stereocenters. The summed E-state index contributed by atoms with van der Waals surface area (Å²) in [5.74, 6) is 1.33. The maximum Gasteiger partial charge on any atom is 0.268 e. The second-order valence-electron chi connectivity index (χ2n) is 2.97. The first kappa shape index (κ1) is 10.8. The molecule has 0 bridgehead atoms. The molecule has 2 aromatic rings. The summed E-state index contributed by atoms with van der Waals surface area (Å²) in [5.41, 5.74) is 0. The second-order valence-corrected chi connectivity index (χ2v) is 5.44. The Morgan fingerprint density at radius 3 is 3.07 bits per heavy atom. The SMILES string of the molecule is CNCCc1noc(-c2ccc(Br)s2)n1. The van der Waals surface area contributed by atoms with Crippen LogP contribution < -0.4 is 5.32 Å². The van der Waals surface area contributed by atoms with Gasteiger partial charge < -0.3 is 9.84 Å². The molecule has 80 valence electrons. The van der Waals surface area contributed by atoms with E-state index in [2.05, 4.69) is 31.4 Å². The number of thiophene rings is 1. The van der Waals surface area contributed by atoms with Gasteiger partial charge in [-0.15, -0.1) is 11.3 Å². The van der Waals surface area contributed by atoms with Crippen molar-refractivity contribution in [2.24, 2.45) is 0 Å². The van der Waals surface area contributed by atoms with E-state index in [4.69, 9.17) is 4.52 Å². The van der Waals surface area contributed by atoms with Crippen LogP contribution in [-0.2, 0) is 6.42 Å². The van der Waals surface area contributed by atoms with E-state index >= 15 is 0 Å². The lowest BCUT2D eigenvalue weighted by Crippen LogP contribution is -2.10. The van der Waals surface area contributed by atoms with Gasteiger partial charge in [0.2, 0.25) is 0 Å². The van der Waals surface area contributed by atoms with Crippen LogP contribution in [0.2, 0.25) is 0 Å². The van der Waals surface area contributed by atoms with Gasteiger partial charge in [-0.2, -0.15) is 4.98 Å². The molecule has 6 heteroatoms. The highest BCUT2D eigenvalue weighted by Gasteiger charge is 2.10. The highest BCUT2D eigenvalue weighted by molar-refractivity contribution is 9.11. The molecule has 1 N–H and O–H groups in total. The van der Waals surface area contributed by atoms with Crippen LogP contribution in [0.15, 0.2) is 20.4 Å². The smallest absolute Gasteiger partial charge is 0.268 e. The number of nitrogens with zero attached hydrogens (tertiary/aromatic N) is 2. The Kier molecular flexibility index (Phi) is 3.50. The number of likely N-dealkylation sites (N-methyl/N-ethyl adjacent to an activating group) is 1. The van der Waals surface area contributed by atoms with Crippen molar-refractivity contribution >= 4 is 27.3 Å². The molecule has 0 saturated carbocycles. The molecular formula is C9H10BrN3OS. The lowest BCUT2D eigenvalue weighted by Gasteiger charge is -1.90. The third-order valence-electron chi connectivity index (χ3n) is 1.85. The Morgan fingerprint density at radius 2 is 2.40 bits per heavy atom. The van der Waals surface area contributed by atoms with Crippen molar-refractivity contribution in [1.29, 1.82) is 0 Å². The predicted molar refractivity (Wildman–Crippen MR) is 62.9 cm³/mol. The summed E-state index contributed by atoms with van der Waals surface area (Å²) in [7, 11) is 1.90. The van der Waals surface area contributed by atoms with Crippen LogP contribution in [-0.4, -0.2) is 23.7 Å². The Hall–Kier alpha value is -0.720. The minimum absolute atomic E-state index is 0.594. The molecule has 2 aromatic heterocycles. The van der Waals surface area contributed by atoms with Crippen molar-refractivity contribution in [2.75, 3.05) is 13.6 Å². The van der Waals surface area contributed by atoms with Crippen LogP contribution in [0, 0.1) is 0 Å². The van der Waals surface area contributed by atoms with Crippen molar-refractivity contribution in [3.05, 3.63) is 21.7 Å². The summed E-state index contributed by atoms with van der Waals surface area (Å²) in [6.07, 6.45) is 0.784. The Morgan fingerprint density at radius 1 is 1.53 bits per heavy atom. The maximum atomic E-state index is 5.16. The molecular weight excluding hydrogens is 278 g/mol. The van der Waals surface area contributed by atoms with Gasteiger partial charge in [0.15, 0.2) is 5.82 Å². The minimum atomic E-state index is 0.594. The van der Waals surface area contributed by atoms with Crippen LogP contribution in [0.4, 0.5) is 0 Å². The summed E-state index contributed by atoms with van der Waals surface area (Å²) in [4.78, 5) is 5.29. The lowest BCUT2D eigenvalue weighted by molar-refractivity contribution is 0.423. The summed E-state index contributed by atoms with van der Waals surface area (Å²) < 4.78 is 6.22. The topological polar surface area (TPSA) is 51.0 Å². The number of nitrogens with one attached hydrogen (secondary N) is 1. The Balaban J connectivity index is 2.13. The Labute approximate surface area is 99.8 Å². The predicted octanol–water partition coefficient (Wildman–Crippen LogP) is 2.32. The number of hydrogen-bond acceptors (Lipinski definition) is 5. The van der Waals surface area contributed by atoms with E-state index in [1.54, 1.807) is 11.3 Å². The van der Waals surface area contributed by atoms with Gasteiger partial charge in [0.25, 0.3) is 5.89 Å². The van der Waals surface area contributed by atoms with Gasteiger partial charge in [-0.3, -0.25) is 0 Å². The molecule has 0 aromatic carbocycles. The molecule has 15 heavy (non-hydrogen) atoms. The van der Waals surface area contributed by atoms with Gasteiger partial charge >= 0.3 is 0 Å². The second kappa shape index (κ2) is 4.87. The molecule has 0 fully saturated rings. The van der Waals surface area contributed by atoms with Crippen LogP contribution in [0.1, 0.15) is 5.82 Å². The summed E-state index contributed by atoms with van der Waals surface area (Å²) >= 11 is 4.98. The van der Waals surface area contributed by atoms with Crippen LogP contribution >= 0.6 is 27.3 Å². The van der Waals surface area contributed by atoms with E-state index < -0.39 is 0 Å². The average molecular weight is 288 g/mol. The average Bonchev–Trinajstić information content (AvgIpc) is 2.83. The van der Waals surface area contributed by atoms with E-state index in [1.165, 1.54) is 0 Å². The third-order valence-corrected chi connectivity index (χ3v) is 3.46. The molecule has 2 rings (SSSR count). The van der Waals surface area contributed by atoms with Crippen molar-refractivity contribution in [1.82, 2.24) is 15.5 Å². The van der Waals surface area contributed by atoms with Gasteiger partial charge in [-0.1, -0.05) is 5.16 Å². The lowest BCUT2D eigenvalue weighted by atomic mass is 10.4. The molecule has 0 aliphatic rings. The van der Waals surface area contributed by atoms with E-state index in [0.717, 1.165) is 27.5 Å². The van der Waals surface area contributed by atoms with Crippen molar-refractivity contribution in [3.8, 4) is 10.8 Å². The van der Waals surface area contributed by atoms with Crippen molar-refractivity contribution in [2.45, 2.75) is 6.42 Å². The van der Waals surface area contributed by atoms with Crippen LogP contribution in [0.25, 0.3) is 10.8 Å². The first-order chi connectivity index (χ1) is 7.29. The zero-order valence-corrected chi connectivity index (χ0v) is 10.6. The van der Waals surface area contributed by atoms with Gasteiger partial charge in [-0.05, 0) is 35.1 Å².